The maximum Gasteiger partial charge on any atom is 0.213 e. The summed E-state index contributed by atoms with van der Waals surface area (Å²) in [4.78, 5) is 4.53. The number of hydrogen-bond acceptors (Lipinski definition) is 3. The average Bonchev–Trinajstić information content (AvgIpc) is 2.53. The molecule has 1 aromatic carbocycles. The number of hydrogen-bond donors (Lipinski definition) is 0. The highest BCUT2D eigenvalue weighted by atomic mass is 16.5. The molecule has 2 aromatic rings. The zero-order valence-electron chi connectivity index (χ0n) is 13.7. The summed E-state index contributed by atoms with van der Waals surface area (Å²) in [6.45, 7) is 7.68. The Bertz CT molecular complexity index is 673. The lowest BCUT2D eigenvalue weighted by atomic mass is 9.73. The summed E-state index contributed by atoms with van der Waals surface area (Å²) in [5.41, 5.74) is 3.55. The molecule has 1 aromatic heterocycles. The van der Waals surface area contributed by atoms with Crippen molar-refractivity contribution in [1.29, 1.82) is 0 Å². The summed E-state index contributed by atoms with van der Waals surface area (Å²) in [5.74, 6) is 2.15. The van der Waals surface area contributed by atoms with Crippen molar-refractivity contribution in [1.82, 2.24) is 4.98 Å². The lowest BCUT2D eigenvalue weighted by molar-refractivity contribution is 0.204. The predicted molar refractivity (Wildman–Crippen MR) is 88.5 cm³/mol. The molecule has 116 valence electrons. The molecule has 0 radical (unpaired) electrons. The fourth-order valence-corrected chi connectivity index (χ4v) is 3.14. The van der Waals surface area contributed by atoms with E-state index in [2.05, 4.69) is 44.0 Å². The van der Waals surface area contributed by atoms with Crippen LogP contribution in [-0.2, 0) is 0 Å². The topological polar surface area (TPSA) is 31.4 Å². The Balaban J connectivity index is 2.05. The molecule has 0 saturated heterocycles. The van der Waals surface area contributed by atoms with Crippen LogP contribution >= 0.6 is 0 Å². The van der Waals surface area contributed by atoms with Gasteiger partial charge in [0.2, 0.25) is 5.88 Å². The molecule has 1 unspecified atom stereocenters. The number of pyridine rings is 1. The molecule has 2 heterocycles. The van der Waals surface area contributed by atoms with Crippen molar-refractivity contribution in [3.05, 3.63) is 42.0 Å². The van der Waals surface area contributed by atoms with Gasteiger partial charge in [0.1, 0.15) is 5.75 Å². The second-order valence-corrected chi connectivity index (χ2v) is 6.87. The molecule has 0 amide bonds. The molecule has 0 N–H and O–H groups in total. The Labute approximate surface area is 132 Å². The van der Waals surface area contributed by atoms with E-state index in [1.54, 1.807) is 7.11 Å². The van der Waals surface area contributed by atoms with Crippen molar-refractivity contribution in [2.75, 3.05) is 13.7 Å². The number of methoxy groups -OCH3 is 1. The maximum absolute atomic E-state index is 5.84. The van der Waals surface area contributed by atoms with Gasteiger partial charge in [-0.2, -0.15) is 0 Å². The van der Waals surface area contributed by atoms with E-state index in [0.29, 0.717) is 11.8 Å². The van der Waals surface area contributed by atoms with Crippen LogP contribution in [0.15, 0.2) is 36.4 Å². The third-order valence-corrected chi connectivity index (χ3v) is 4.32. The van der Waals surface area contributed by atoms with Gasteiger partial charge in [-0.3, -0.25) is 0 Å². The van der Waals surface area contributed by atoms with Crippen LogP contribution in [0.4, 0.5) is 0 Å². The van der Waals surface area contributed by atoms with Gasteiger partial charge in [-0.25, -0.2) is 4.98 Å². The minimum atomic E-state index is 0.221. The fourth-order valence-electron chi connectivity index (χ4n) is 3.14. The number of aromatic nitrogens is 1. The molecule has 1 atom stereocenters. The summed E-state index contributed by atoms with van der Waals surface area (Å²) in [6.07, 6.45) is 1.06. The number of rotatable bonds is 2. The molecule has 3 rings (SSSR count). The van der Waals surface area contributed by atoms with Gasteiger partial charge in [-0.15, -0.1) is 0 Å². The SMILES string of the molecule is COc1cccc(-c2ccc3c(c2)C(C(C)(C)C)CCO3)n1. The summed E-state index contributed by atoms with van der Waals surface area (Å²) in [5, 5.41) is 0. The first kappa shape index (κ1) is 14.9. The summed E-state index contributed by atoms with van der Waals surface area (Å²) in [6, 6.07) is 12.2. The highest BCUT2D eigenvalue weighted by Crippen LogP contribution is 2.45. The van der Waals surface area contributed by atoms with Gasteiger partial charge in [0.25, 0.3) is 0 Å². The van der Waals surface area contributed by atoms with Crippen LogP contribution in [0.5, 0.6) is 11.6 Å². The molecule has 0 spiro atoms. The van der Waals surface area contributed by atoms with E-state index in [0.717, 1.165) is 30.0 Å². The zero-order chi connectivity index (χ0) is 15.7. The second kappa shape index (κ2) is 5.64. The Morgan fingerprint density at radius 2 is 2.00 bits per heavy atom. The number of ether oxygens (including phenoxy) is 2. The third kappa shape index (κ3) is 2.80. The van der Waals surface area contributed by atoms with Crippen LogP contribution in [0.3, 0.4) is 0 Å². The standard InChI is InChI=1S/C19H23NO2/c1-19(2,3)15-10-11-22-17-9-8-13(12-14(15)17)16-6-5-7-18(20-16)21-4/h5-9,12,15H,10-11H2,1-4H3. The van der Waals surface area contributed by atoms with Gasteiger partial charge < -0.3 is 9.47 Å². The van der Waals surface area contributed by atoms with E-state index < -0.39 is 0 Å². The molecular weight excluding hydrogens is 274 g/mol. The smallest absolute Gasteiger partial charge is 0.213 e. The molecule has 1 aliphatic heterocycles. The Hall–Kier alpha value is -2.03. The van der Waals surface area contributed by atoms with Gasteiger partial charge in [-0.1, -0.05) is 26.8 Å². The van der Waals surface area contributed by atoms with Gasteiger partial charge in [0, 0.05) is 11.6 Å². The molecule has 0 fully saturated rings. The Kier molecular flexibility index (Phi) is 3.81. The summed E-state index contributed by atoms with van der Waals surface area (Å²) in [7, 11) is 1.64. The zero-order valence-corrected chi connectivity index (χ0v) is 13.7. The molecule has 3 nitrogen and oxygen atoms in total. The first-order valence-electron chi connectivity index (χ1n) is 7.77. The quantitative estimate of drug-likeness (QED) is 0.807. The van der Waals surface area contributed by atoms with Gasteiger partial charge in [-0.05, 0) is 47.6 Å². The molecule has 3 heteroatoms. The summed E-state index contributed by atoms with van der Waals surface area (Å²) < 4.78 is 11.1. The van der Waals surface area contributed by atoms with Crippen molar-refractivity contribution < 1.29 is 9.47 Å². The number of nitrogens with zero attached hydrogens (tertiary/aromatic N) is 1. The molecule has 22 heavy (non-hydrogen) atoms. The largest absolute Gasteiger partial charge is 0.493 e. The van der Waals surface area contributed by atoms with Gasteiger partial charge in [0.15, 0.2) is 0 Å². The number of benzene rings is 1. The highest BCUT2D eigenvalue weighted by Gasteiger charge is 2.31. The third-order valence-electron chi connectivity index (χ3n) is 4.32. The molecular formula is C19H23NO2. The van der Waals surface area contributed by atoms with Crippen LogP contribution in [0.2, 0.25) is 0 Å². The van der Waals surface area contributed by atoms with Crippen LogP contribution in [0.1, 0.15) is 38.7 Å². The van der Waals surface area contributed by atoms with E-state index in [9.17, 15) is 0 Å². The van der Waals surface area contributed by atoms with Crippen molar-refractivity contribution in [3.63, 3.8) is 0 Å². The minimum absolute atomic E-state index is 0.221. The lowest BCUT2D eigenvalue weighted by Gasteiger charge is -2.35. The number of fused-ring (bicyclic) bond motifs is 1. The monoisotopic (exact) mass is 297 g/mol. The first-order valence-corrected chi connectivity index (χ1v) is 7.77. The second-order valence-electron chi connectivity index (χ2n) is 6.87. The molecule has 0 aliphatic carbocycles. The summed E-state index contributed by atoms with van der Waals surface area (Å²) >= 11 is 0. The van der Waals surface area contributed by atoms with Crippen molar-refractivity contribution >= 4 is 0 Å². The highest BCUT2D eigenvalue weighted by molar-refractivity contribution is 5.63. The van der Waals surface area contributed by atoms with Crippen molar-refractivity contribution in [3.8, 4) is 22.9 Å². The minimum Gasteiger partial charge on any atom is -0.493 e. The van der Waals surface area contributed by atoms with E-state index in [-0.39, 0.29) is 5.41 Å². The van der Waals surface area contributed by atoms with Crippen LogP contribution in [0.25, 0.3) is 11.3 Å². The molecule has 1 aliphatic rings. The van der Waals surface area contributed by atoms with Crippen LogP contribution < -0.4 is 9.47 Å². The van der Waals surface area contributed by atoms with Crippen LogP contribution in [0, 0.1) is 5.41 Å². The maximum atomic E-state index is 5.84. The van der Waals surface area contributed by atoms with Gasteiger partial charge in [0.05, 0.1) is 19.4 Å². The fraction of sp³-hybridized carbons (Fsp3) is 0.421. The van der Waals surface area contributed by atoms with Gasteiger partial charge >= 0.3 is 0 Å². The normalized spacial score (nSPS) is 17.5. The van der Waals surface area contributed by atoms with E-state index in [4.69, 9.17) is 9.47 Å². The lowest BCUT2D eigenvalue weighted by Crippen LogP contribution is -2.25. The van der Waals surface area contributed by atoms with E-state index in [1.165, 1.54) is 5.56 Å². The molecule has 0 saturated carbocycles. The Morgan fingerprint density at radius 1 is 1.18 bits per heavy atom. The average molecular weight is 297 g/mol. The molecule has 0 bridgehead atoms. The van der Waals surface area contributed by atoms with Crippen LogP contribution in [-0.4, -0.2) is 18.7 Å². The Morgan fingerprint density at radius 3 is 2.73 bits per heavy atom. The van der Waals surface area contributed by atoms with Crippen molar-refractivity contribution in [2.24, 2.45) is 5.41 Å². The van der Waals surface area contributed by atoms with E-state index >= 15 is 0 Å². The van der Waals surface area contributed by atoms with Crippen molar-refractivity contribution in [2.45, 2.75) is 33.1 Å². The first-order chi connectivity index (χ1) is 10.5. The predicted octanol–water partition coefficient (Wildman–Crippen LogP) is 4.67. The van der Waals surface area contributed by atoms with E-state index in [1.807, 2.05) is 18.2 Å².